The van der Waals surface area contributed by atoms with Gasteiger partial charge in [-0.3, -0.25) is 0 Å². The lowest BCUT2D eigenvalue weighted by Gasteiger charge is -2.30. The van der Waals surface area contributed by atoms with Crippen molar-refractivity contribution < 1.29 is 0 Å². The normalized spacial score (nSPS) is 41.8. The minimum Gasteiger partial charge on any atom is -0.311 e. The second-order valence-corrected chi connectivity index (χ2v) is 5.98. The molecule has 0 amide bonds. The van der Waals surface area contributed by atoms with Crippen molar-refractivity contribution in [2.45, 2.75) is 59.0 Å². The molecule has 0 aromatic heterocycles. The molecule has 0 saturated heterocycles. The molecule has 3 atom stereocenters. The highest BCUT2D eigenvalue weighted by Gasteiger charge is 2.51. The van der Waals surface area contributed by atoms with E-state index < -0.39 is 0 Å². The molecular weight excluding hydrogens is 158 g/mol. The average Bonchev–Trinajstić information content (AvgIpc) is 2.40. The van der Waals surface area contributed by atoms with Crippen LogP contribution in [-0.2, 0) is 0 Å². The Balaban J connectivity index is 2.07. The van der Waals surface area contributed by atoms with Crippen molar-refractivity contribution >= 4 is 0 Å². The predicted octanol–water partition coefficient (Wildman–Crippen LogP) is 2.81. The van der Waals surface area contributed by atoms with Crippen molar-refractivity contribution in [3.8, 4) is 0 Å². The van der Waals surface area contributed by atoms with Gasteiger partial charge in [-0.2, -0.15) is 0 Å². The molecular formula is C12H23N. The topological polar surface area (TPSA) is 12.0 Å². The van der Waals surface area contributed by atoms with Gasteiger partial charge >= 0.3 is 0 Å². The molecule has 0 aliphatic heterocycles. The van der Waals surface area contributed by atoms with Crippen LogP contribution in [0.25, 0.3) is 0 Å². The lowest BCUT2D eigenvalue weighted by Crippen LogP contribution is -2.39. The van der Waals surface area contributed by atoms with Crippen molar-refractivity contribution in [2.24, 2.45) is 17.3 Å². The molecule has 0 spiro atoms. The van der Waals surface area contributed by atoms with E-state index in [9.17, 15) is 0 Å². The van der Waals surface area contributed by atoms with Gasteiger partial charge in [0.05, 0.1) is 0 Å². The summed E-state index contributed by atoms with van der Waals surface area (Å²) in [6, 6.07) is 1.48. The first-order valence-electron chi connectivity index (χ1n) is 5.77. The molecule has 76 valence electrons. The zero-order valence-corrected chi connectivity index (χ0v) is 9.43. The first-order valence-corrected chi connectivity index (χ1v) is 5.77. The van der Waals surface area contributed by atoms with E-state index in [-0.39, 0.29) is 0 Å². The lowest BCUT2D eigenvalue weighted by atomic mass is 9.76. The zero-order chi connectivity index (χ0) is 9.64. The van der Waals surface area contributed by atoms with Gasteiger partial charge in [0.1, 0.15) is 0 Å². The molecule has 0 heterocycles. The van der Waals surface area contributed by atoms with Crippen LogP contribution in [0, 0.1) is 17.3 Å². The molecule has 0 aromatic carbocycles. The molecule has 1 N–H and O–H groups in total. The Hall–Kier alpha value is -0.0400. The Morgan fingerprint density at radius 2 is 1.92 bits per heavy atom. The maximum atomic E-state index is 3.76. The molecule has 1 heteroatoms. The maximum absolute atomic E-state index is 3.76. The second kappa shape index (κ2) is 2.98. The number of hydrogen-bond acceptors (Lipinski definition) is 1. The van der Waals surface area contributed by atoms with Gasteiger partial charge in [0, 0.05) is 12.1 Å². The van der Waals surface area contributed by atoms with Crippen molar-refractivity contribution in [1.82, 2.24) is 5.32 Å². The van der Waals surface area contributed by atoms with E-state index in [0.717, 1.165) is 17.9 Å². The van der Waals surface area contributed by atoms with Gasteiger partial charge in [-0.15, -0.1) is 0 Å². The third-order valence-corrected chi connectivity index (χ3v) is 4.11. The van der Waals surface area contributed by atoms with Gasteiger partial charge in [-0.1, -0.05) is 27.7 Å². The van der Waals surface area contributed by atoms with Crippen LogP contribution in [0.1, 0.15) is 47.0 Å². The van der Waals surface area contributed by atoms with E-state index in [0.29, 0.717) is 11.5 Å². The smallest absolute Gasteiger partial charge is 0.0131 e. The fraction of sp³-hybridized carbons (Fsp3) is 1.00. The summed E-state index contributed by atoms with van der Waals surface area (Å²) in [5.41, 5.74) is 0.607. The van der Waals surface area contributed by atoms with Crippen molar-refractivity contribution in [2.75, 3.05) is 0 Å². The molecule has 2 saturated carbocycles. The monoisotopic (exact) mass is 181 g/mol. The zero-order valence-electron chi connectivity index (χ0n) is 9.43. The molecule has 2 aliphatic rings. The molecule has 2 bridgehead atoms. The number of hydrogen-bond donors (Lipinski definition) is 1. The summed E-state index contributed by atoms with van der Waals surface area (Å²) in [6.45, 7) is 9.44. The lowest BCUT2D eigenvalue weighted by molar-refractivity contribution is 0.208. The highest BCUT2D eigenvalue weighted by molar-refractivity contribution is 5.05. The van der Waals surface area contributed by atoms with Crippen molar-refractivity contribution in [1.29, 1.82) is 0 Å². The minimum absolute atomic E-state index is 0.607. The summed E-state index contributed by atoms with van der Waals surface area (Å²) < 4.78 is 0. The molecule has 0 radical (unpaired) electrons. The Bertz CT molecular complexity index is 195. The van der Waals surface area contributed by atoms with Crippen LogP contribution < -0.4 is 5.32 Å². The fourth-order valence-electron chi connectivity index (χ4n) is 3.65. The number of fused-ring (bicyclic) bond motifs is 2. The van der Waals surface area contributed by atoms with Gasteiger partial charge in [0.2, 0.25) is 0 Å². The van der Waals surface area contributed by atoms with Crippen LogP contribution >= 0.6 is 0 Å². The van der Waals surface area contributed by atoms with E-state index in [1.165, 1.54) is 19.3 Å². The first kappa shape index (κ1) is 9.51. The molecule has 2 aliphatic carbocycles. The predicted molar refractivity (Wildman–Crippen MR) is 56.7 cm³/mol. The van der Waals surface area contributed by atoms with Crippen molar-refractivity contribution in [3.63, 3.8) is 0 Å². The Labute approximate surface area is 82.3 Å². The first-order chi connectivity index (χ1) is 6.00. The third kappa shape index (κ3) is 1.52. The molecule has 3 unspecified atom stereocenters. The maximum Gasteiger partial charge on any atom is 0.0131 e. The summed E-state index contributed by atoms with van der Waals surface area (Å²) >= 11 is 0. The van der Waals surface area contributed by atoms with E-state index >= 15 is 0 Å². The highest BCUT2D eigenvalue weighted by atomic mass is 15.0. The summed E-state index contributed by atoms with van der Waals surface area (Å²) in [4.78, 5) is 0. The van der Waals surface area contributed by atoms with Crippen LogP contribution in [-0.4, -0.2) is 12.1 Å². The average molecular weight is 181 g/mol. The third-order valence-electron chi connectivity index (χ3n) is 4.11. The van der Waals surface area contributed by atoms with Crippen LogP contribution in [0.2, 0.25) is 0 Å². The largest absolute Gasteiger partial charge is 0.311 e. The van der Waals surface area contributed by atoms with E-state index in [1.807, 2.05) is 0 Å². The second-order valence-electron chi connectivity index (χ2n) is 5.98. The minimum atomic E-state index is 0.607. The Morgan fingerprint density at radius 3 is 2.31 bits per heavy atom. The summed E-state index contributed by atoms with van der Waals surface area (Å²) in [6.07, 6.45) is 4.38. The molecule has 13 heavy (non-hydrogen) atoms. The highest BCUT2D eigenvalue weighted by Crippen LogP contribution is 2.55. The van der Waals surface area contributed by atoms with E-state index in [1.54, 1.807) is 0 Å². The van der Waals surface area contributed by atoms with Crippen molar-refractivity contribution in [3.05, 3.63) is 0 Å². The number of rotatable bonds is 2. The SMILES string of the molecule is CC(C)NC1C2CCC1C(C)(C)C2. The molecule has 0 aromatic rings. The standard InChI is InChI=1S/C12H23N/c1-8(2)13-11-9-5-6-10(11)12(3,4)7-9/h8-11,13H,5-7H2,1-4H3. The van der Waals surface area contributed by atoms with Crippen LogP contribution in [0.15, 0.2) is 0 Å². The van der Waals surface area contributed by atoms with Gasteiger partial charge in [0.25, 0.3) is 0 Å². The summed E-state index contributed by atoms with van der Waals surface area (Å²) in [5, 5.41) is 3.76. The summed E-state index contributed by atoms with van der Waals surface area (Å²) in [7, 11) is 0. The van der Waals surface area contributed by atoms with Crippen LogP contribution in [0.4, 0.5) is 0 Å². The quantitative estimate of drug-likeness (QED) is 0.690. The van der Waals surface area contributed by atoms with Gasteiger partial charge < -0.3 is 5.32 Å². The van der Waals surface area contributed by atoms with E-state index in [4.69, 9.17) is 0 Å². The van der Waals surface area contributed by atoms with Gasteiger partial charge in [-0.25, -0.2) is 0 Å². The van der Waals surface area contributed by atoms with Gasteiger partial charge in [-0.05, 0) is 36.5 Å². The van der Waals surface area contributed by atoms with E-state index in [2.05, 4.69) is 33.0 Å². The molecule has 2 rings (SSSR count). The van der Waals surface area contributed by atoms with Crippen LogP contribution in [0.5, 0.6) is 0 Å². The summed E-state index contributed by atoms with van der Waals surface area (Å²) in [5.74, 6) is 1.92. The molecule has 2 fully saturated rings. The van der Waals surface area contributed by atoms with Gasteiger partial charge in [0.15, 0.2) is 0 Å². The van der Waals surface area contributed by atoms with Crippen LogP contribution in [0.3, 0.4) is 0 Å². The fourth-order valence-corrected chi connectivity index (χ4v) is 3.65. The molecule has 1 nitrogen and oxygen atoms in total. The Kier molecular flexibility index (Phi) is 2.18. The Morgan fingerprint density at radius 1 is 1.23 bits per heavy atom. The number of nitrogens with one attached hydrogen (secondary N) is 1.